The zero-order valence-electron chi connectivity index (χ0n) is 12.8. The zero-order valence-corrected chi connectivity index (χ0v) is 15.1. The van der Waals surface area contributed by atoms with Crippen molar-refractivity contribution in [2.24, 2.45) is 0 Å². The van der Waals surface area contributed by atoms with Gasteiger partial charge in [0.2, 0.25) is 5.91 Å². The average Bonchev–Trinajstić information content (AvgIpc) is 2.57. The van der Waals surface area contributed by atoms with E-state index in [0.717, 1.165) is 17.5 Å². The van der Waals surface area contributed by atoms with E-state index in [1.165, 1.54) is 0 Å². The molecule has 5 heteroatoms. The van der Waals surface area contributed by atoms with E-state index in [1.54, 1.807) is 17.0 Å². The minimum Gasteiger partial charge on any atom is -0.330 e. The summed E-state index contributed by atoms with van der Waals surface area (Å²) in [7, 11) is 0. The first kappa shape index (κ1) is 18.1. The summed E-state index contributed by atoms with van der Waals surface area (Å²) in [5.41, 5.74) is 1.93. The first-order chi connectivity index (χ1) is 11.1. The predicted molar refractivity (Wildman–Crippen MR) is 97.2 cm³/mol. The van der Waals surface area contributed by atoms with Crippen molar-refractivity contribution in [1.29, 1.82) is 0 Å². The molecular weight excluding hydrogens is 353 g/mol. The van der Waals surface area contributed by atoms with Gasteiger partial charge in [0.1, 0.15) is 5.88 Å². The van der Waals surface area contributed by atoms with E-state index >= 15 is 0 Å². The predicted octanol–water partition coefficient (Wildman–Crippen LogP) is 5.71. The van der Waals surface area contributed by atoms with E-state index in [4.69, 9.17) is 34.8 Å². The van der Waals surface area contributed by atoms with E-state index in [-0.39, 0.29) is 17.8 Å². The molecule has 0 aliphatic rings. The highest BCUT2D eigenvalue weighted by Gasteiger charge is 2.24. The molecule has 2 aromatic carbocycles. The second kappa shape index (κ2) is 8.58. The lowest BCUT2D eigenvalue weighted by atomic mass is 10.0. The minimum atomic E-state index is -0.117. The Morgan fingerprint density at radius 3 is 2.39 bits per heavy atom. The molecule has 1 amide bonds. The maximum Gasteiger partial charge on any atom is 0.238 e. The molecule has 0 bridgehead atoms. The Bertz CT molecular complexity index is 661. The Balaban J connectivity index is 2.34. The fourth-order valence-electron chi connectivity index (χ4n) is 2.59. The molecule has 2 aromatic rings. The third-order valence-electron chi connectivity index (χ3n) is 3.74. The van der Waals surface area contributed by atoms with Crippen LogP contribution in [0.1, 0.15) is 30.5 Å². The summed E-state index contributed by atoms with van der Waals surface area (Å²) in [6.45, 7) is 2.45. The van der Waals surface area contributed by atoms with Gasteiger partial charge in [0.05, 0.1) is 6.04 Å². The number of benzene rings is 2. The third kappa shape index (κ3) is 4.63. The van der Waals surface area contributed by atoms with Crippen LogP contribution < -0.4 is 0 Å². The summed E-state index contributed by atoms with van der Waals surface area (Å²) in [5, 5.41) is 1.12. The SMILES string of the molecule is CCC(c1ccccc1)N(Cc1ccc(Cl)cc1Cl)C(=O)CCl. The molecule has 0 heterocycles. The summed E-state index contributed by atoms with van der Waals surface area (Å²) in [6.07, 6.45) is 0.790. The highest BCUT2D eigenvalue weighted by Crippen LogP contribution is 2.29. The lowest BCUT2D eigenvalue weighted by molar-refractivity contribution is -0.131. The van der Waals surface area contributed by atoms with Gasteiger partial charge in [0.25, 0.3) is 0 Å². The Morgan fingerprint density at radius 1 is 1.13 bits per heavy atom. The molecule has 0 aliphatic carbocycles. The fourth-order valence-corrected chi connectivity index (χ4v) is 3.22. The number of amides is 1. The summed E-state index contributed by atoms with van der Waals surface area (Å²) in [5.74, 6) is -0.178. The van der Waals surface area contributed by atoms with Gasteiger partial charge in [-0.3, -0.25) is 4.79 Å². The van der Waals surface area contributed by atoms with Crippen molar-refractivity contribution >= 4 is 40.7 Å². The van der Waals surface area contributed by atoms with Crippen LogP contribution >= 0.6 is 34.8 Å². The molecule has 0 N–H and O–H groups in total. The second-order valence-electron chi connectivity index (χ2n) is 5.23. The molecule has 122 valence electrons. The Kier molecular flexibility index (Phi) is 6.76. The van der Waals surface area contributed by atoms with Crippen LogP contribution in [0.5, 0.6) is 0 Å². The first-order valence-electron chi connectivity index (χ1n) is 7.41. The molecule has 2 nitrogen and oxygen atoms in total. The fraction of sp³-hybridized carbons (Fsp3) is 0.278. The quantitative estimate of drug-likeness (QED) is 0.596. The van der Waals surface area contributed by atoms with Crippen LogP contribution in [-0.2, 0) is 11.3 Å². The van der Waals surface area contributed by atoms with Gasteiger partial charge in [0, 0.05) is 16.6 Å². The zero-order chi connectivity index (χ0) is 16.8. The van der Waals surface area contributed by atoms with E-state index in [2.05, 4.69) is 6.92 Å². The maximum atomic E-state index is 12.4. The molecule has 0 saturated heterocycles. The van der Waals surface area contributed by atoms with Crippen molar-refractivity contribution < 1.29 is 4.79 Å². The monoisotopic (exact) mass is 369 g/mol. The number of carbonyl (C=O) groups is 1. The summed E-state index contributed by atoms with van der Waals surface area (Å²) >= 11 is 18.0. The van der Waals surface area contributed by atoms with Gasteiger partial charge in [-0.15, -0.1) is 11.6 Å². The molecule has 0 radical (unpaired) electrons. The maximum absolute atomic E-state index is 12.4. The average molecular weight is 371 g/mol. The highest BCUT2D eigenvalue weighted by molar-refractivity contribution is 6.35. The number of carbonyl (C=O) groups excluding carboxylic acids is 1. The molecule has 0 aromatic heterocycles. The molecular formula is C18H18Cl3NO. The van der Waals surface area contributed by atoms with Crippen LogP contribution in [0.2, 0.25) is 10.0 Å². The number of hydrogen-bond donors (Lipinski definition) is 0. The highest BCUT2D eigenvalue weighted by atomic mass is 35.5. The molecule has 0 spiro atoms. The smallest absolute Gasteiger partial charge is 0.238 e. The van der Waals surface area contributed by atoms with Gasteiger partial charge in [-0.1, -0.05) is 66.5 Å². The van der Waals surface area contributed by atoms with Crippen molar-refractivity contribution in [1.82, 2.24) is 4.90 Å². The molecule has 0 aliphatic heterocycles. The molecule has 0 fully saturated rings. The molecule has 23 heavy (non-hydrogen) atoms. The van der Waals surface area contributed by atoms with Gasteiger partial charge < -0.3 is 4.90 Å². The first-order valence-corrected chi connectivity index (χ1v) is 8.70. The second-order valence-corrected chi connectivity index (χ2v) is 6.34. The molecule has 1 atom stereocenters. The standard InChI is InChI=1S/C18H18Cl3NO/c1-2-17(13-6-4-3-5-7-13)22(18(23)11-19)12-14-8-9-15(20)10-16(14)21/h3-10,17H,2,11-12H2,1H3. The van der Waals surface area contributed by atoms with Crippen molar-refractivity contribution in [3.63, 3.8) is 0 Å². The van der Waals surface area contributed by atoms with Crippen LogP contribution in [0.3, 0.4) is 0 Å². The summed E-state index contributed by atoms with van der Waals surface area (Å²) in [6, 6.07) is 15.2. The Labute approximate surface area is 152 Å². The number of nitrogens with zero attached hydrogens (tertiary/aromatic N) is 1. The van der Waals surface area contributed by atoms with Crippen LogP contribution in [-0.4, -0.2) is 16.7 Å². The van der Waals surface area contributed by atoms with Crippen molar-refractivity contribution in [3.05, 3.63) is 69.7 Å². The lowest BCUT2D eigenvalue weighted by Crippen LogP contribution is -2.35. The largest absolute Gasteiger partial charge is 0.330 e. The Hall–Kier alpha value is -1.22. The number of hydrogen-bond acceptors (Lipinski definition) is 1. The molecule has 0 saturated carbocycles. The van der Waals surface area contributed by atoms with Crippen molar-refractivity contribution in [3.8, 4) is 0 Å². The third-order valence-corrected chi connectivity index (χ3v) is 4.55. The number of halogens is 3. The van der Waals surface area contributed by atoms with E-state index in [9.17, 15) is 4.79 Å². The van der Waals surface area contributed by atoms with E-state index in [0.29, 0.717) is 16.6 Å². The normalized spacial score (nSPS) is 12.0. The van der Waals surface area contributed by atoms with Crippen LogP contribution in [0.4, 0.5) is 0 Å². The van der Waals surface area contributed by atoms with Gasteiger partial charge in [-0.05, 0) is 29.7 Å². The van der Waals surface area contributed by atoms with Crippen LogP contribution in [0.25, 0.3) is 0 Å². The van der Waals surface area contributed by atoms with E-state index in [1.807, 2.05) is 36.4 Å². The van der Waals surface area contributed by atoms with Gasteiger partial charge in [-0.2, -0.15) is 0 Å². The van der Waals surface area contributed by atoms with Crippen LogP contribution in [0, 0.1) is 0 Å². The number of rotatable bonds is 6. The summed E-state index contributed by atoms with van der Waals surface area (Å²) < 4.78 is 0. The van der Waals surface area contributed by atoms with Crippen molar-refractivity contribution in [2.75, 3.05) is 5.88 Å². The topological polar surface area (TPSA) is 20.3 Å². The summed E-state index contributed by atoms with van der Waals surface area (Å²) in [4.78, 5) is 14.2. The van der Waals surface area contributed by atoms with Gasteiger partial charge in [0.15, 0.2) is 0 Å². The molecule has 2 rings (SSSR count). The van der Waals surface area contributed by atoms with Crippen molar-refractivity contribution in [2.45, 2.75) is 25.9 Å². The Morgan fingerprint density at radius 2 is 1.83 bits per heavy atom. The van der Waals surface area contributed by atoms with E-state index < -0.39 is 0 Å². The minimum absolute atomic E-state index is 0.0470. The van der Waals surface area contributed by atoms with Crippen LogP contribution in [0.15, 0.2) is 48.5 Å². The van der Waals surface area contributed by atoms with Gasteiger partial charge in [-0.25, -0.2) is 0 Å². The number of alkyl halides is 1. The van der Waals surface area contributed by atoms with Gasteiger partial charge >= 0.3 is 0 Å². The lowest BCUT2D eigenvalue weighted by Gasteiger charge is -2.31. The molecule has 1 unspecified atom stereocenters.